The molecule has 0 unspecified atom stereocenters. The second-order valence-corrected chi connectivity index (χ2v) is 11.0. The van der Waals surface area contributed by atoms with Gasteiger partial charge in [-0.3, -0.25) is 19.7 Å². The van der Waals surface area contributed by atoms with Crippen LogP contribution in [0.25, 0.3) is 0 Å². The highest BCUT2D eigenvalue weighted by Gasteiger charge is 2.49. The van der Waals surface area contributed by atoms with Gasteiger partial charge in [-0.2, -0.15) is 0 Å². The van der Waals surface area contributed by atoms with Crippen molar-refractivity contribution in [1.29, 1.82) is 0 Å². The molecule has 7 nitrogen and oxygen atoms in total. The molecule has 2 aliphatic carbocycles. The summed E-state index contributed by atoms with van der Waals surface area (Å²) in [7, 11) is 1.65. The first-order valence-electron chi connectivity index (χ1n) is 11.5. The van der Waals surface area contributed by atoms with Crippen LogP contribution in [0.5, 0.6) is 0 Å². The molecule has 0 saturated carbocycles. The standard InChI is InChI=1S/C26H32N2O5/c1-25(2)12-18-23(20(29)14-25)22(16-7-6-8-17(11-16)28(31)32)24-19(27(18)9-10-33-5)13-26(3,4)15-21(24)30/h6-8,11,22H,9-10,12-15H2,1-5H3. The van der Waals surface area contributed by atoms with Gasteiger partial charge in [0.1, 0.15) is 0 Å². The highest BCUT2D eigenvalue weighted by atomic mass is 16.6. The quantitative estimate of drug-likeness (QED) is 0.465. The molecule has 4 rings (SSSR count). The Balaban J connectivity index is 1.99. The number of hydrogen-bond acceptors (Lipinski definition) is 6. The predicted molar refractivity (Wildman–Crippen MR) is 125 cm³/mol. The molecule has 1 aromatic carbocycles. The summed E-state index contributed by atoms with van der Waals surface area (Å²) in [4.78, 5) is 40.4. The van der Waals surface area contributed by atoms with Gasteiger partial charge in [-0.15, -0.1) is 0 Å². The maximum absolute atomic E-state index is 13.6. The SMILES string of the molecule is COCCN1C2=C(C(=O)CC(C)(C)C2)C(c2cccc([N+](=O)[O-])c2)C2=C1CC(C)(C)CC2=O. The number of ether oxygens (including phenoxy) is 1. The number of carbonyl (C=O) groups excluding carboxylic acids is 2. The molecule has 0 aromatic heterocycles. The summed E-state index contributed by atoms with van der Waals surface area (Å²) in [6.45, 7) is 9.38. The minimum atomic E-state index is -0.569. The smallest absolute Gasteiger partial charge is 0.269 e. The van der Waals surface area contributed by atoms with Gasteiger partial charge >= 0.3 is 0 Å². The van der Waals surface area contributed by atoms with Gasteiger partial charge in [-0.1, -0.05) is 39.8 Å². The third-order valence-electron chi connectivity index (χ3n) is 6.96. The number of non-ortho nitro benzene ring substituents is 1. The van der Waals surface area contributed by atoms with Gasteiger partial charge in [-0.05, 0) is 29.2 Å². The molecule has 1 heterocycles. The number of allylic oxidation sites excluding steroid dienone is 4. The lowest BCUT2D eigenvalue weighted by atomic mass is 9.63. The summed E-state index contributed by atoms with van der Waals surface area (Å²) < 4.78 is 5.38. The van der Waals surface area contributed by atoms with Crippen LogP contribution < -0.4 is 0 Å². The minimum Gasteiger partial charge on any atom is -0.383 e. The van der Waals surface area contributed by atoms with Crippen LogP contribution >= 0.6 is 0 Å². The van der Waals surface area contributed by atoms with Crippen molar-refractivity contribution in [2.75, 3.05) is 20.3 Å². The van der Waals surface area contributed by atoms with E-state index in [1.54, 1.807) is 19.2 Å². The van der Waals surface area contributed by atoms with Crippen LogP contribution in [-0.2, 0) is 14.3 Å². The first kappa shape index (κ1) is 23.4. The van der Waals surface area contributed by atoms with Crippen molar-refractivity contribution in [3.05, 3.63) is 62.5 Å². The summed E-state index contributed by atoms with van der Waals surface area (Å²) in [6.07, 6.45) is 2.18. The van der Waals surface area contributed by atoms with E-state index < -0.39 is 10.8 Å². The zero-order chi connectivity index (χ0) is 24.1. The second-order valence-electron chi connectivity index (χ2n) is 11.0. The molecule has 0 saturated heterocycles. The van der Waals surface area contributed by atoms with Crippen molar-refractivity contribution in [2.24, 2.45) is 10.8 Å². The van der Waals surface area contributed by atoms with Gasteiger partial charge < -0.3 is 9.64 Å². The number of carbonyl (C=O) groups is 2. The Morgan fingerprint density at radius 3 is 2.03 bits per heavy atom. The van der Waals surface area contributed by atoms with Crippen LogP contribution in [0.15, 0.2) is 46.8 Å². The normalized spacial score (nSPS) is 22.4. The fourth-order valence-corrected chi connectivity index (χ4v) is 5.65. The van der Waals surface area contributed by atoms with Crippen molar-refractivity contribution in [3.63, 3.8) is 0 Å². The minimum absolute atomic E-state index is 0.0179. The Labute approximate surface area is 194 Å². The lowest BCUT2D eigenvalue weighted by molar-refractivity contribution is -0.384. The topological polar surface area (TPSA) is 89.8 Å². The number of hydrogen-bond donors (Lipinski definition) is 0. The monoisotopic (exact) mass is 452 g/mol. The van der Waals surface area contributed by atoms with E-state index in [2.05, 4.69) is 32.6 Å². The first-order valence-corrected chi connectivity index (χ1v) is 11.5. The number of benzene rings is 1. The zero-order valence-electron chi connectivity index (χ0n) is 20.1. The third kappa shape index (κ3) is 4.26. The number of nitro benzene ring substituents is 1. The van der Waals surface area contributed by atoms with E-state index in [-0.39, 0.29) is 28.1 Å². The highest BCUT2D eigenvalue weighted by Crippen LogP contribution is 2.54. The van der Waals surface area contributed by atoms with E-state index in [0.29, 0.717) is 55.5 Å². The summed E-state index contributed by atoms with van der Waals surface area (Å²) in [5, 5.41) is 11.5. The van der Waals surface area contributed by atoms with Crippen molar-refractivity contribution in [2.45, 2.75) is 59.3 Å². The maximum atomic E-state index is 13.6. The molecule has 0 N–H and O–H groups in total. The summed E-state index contributed by atoms with van der Waals surface area (Å²) in [6, 6.07) is 6.40. The Bertz CT molecular complexity index is 1040. The molecule has 3 aliphatic rings. The van der Waals surface area contributed by atoms with E-state index in [1.807, 2.05) is 0 Å². The van der Waals surface area contributed by atoms with Crippen LogP contribution in [0.3, 0.4) is 0 Å². The first-order chi connectivity index (χ1) is 15.4. The molecule has 33 heavy (non-hydrogen) atoms. The number of nitro groups is 1. The second kappa shape index (κ2) is 8.20. The van der Waals surface area contributed by atoms with E-state index in [4.69, 9.17) is 4.74 Å². The maximum Gasteiger partial charge on any atom is 0.269 e. The molecule has 0 spiro atoms. The summed E-state index contributed by atoms with van der Waals surface area (Å²) >= 11 is 0. The molecule has 0 atom stereocenters. The van der Waals surface area contributed by atoms with Gasteiger partial charge in [0.25, 0.3) is 5.69 Å². The van der Waals surface area contributed by atoms with Crippen molar-refractivity contribution < 1.29 is 19.2 Å². The van der Waals surface area contributed by atoms with Crippen molar-refractivity contribution >= 4 is 17.3 Å². The molecule has 0 bridgehead atoms. The molecule has 7 heteroatoms. The summed E-state index contributed by atoms with van der Waals surface area (Å²) in [5.41, 5.74) is 3.31. The highest BCUT2D eigenvalue weighted by molar-refractivity contribution is 6.06. The third-order valence-corrected chi connectivity index (χ3v) is 6.96. The fraction of sp³-hybridized carbons (Fsp3) is 0.538. The van der Waals surface area contributed by atoms with E-state index in [0.717, 1.165) is 11.4 Å². The number of ketones is 2. The molecule has 0 fully saturated rings. The van der Waals surface area contributed by atoms with Crippen molar-refractivity contribution in [1.82, 2.24) is 4.90 Å². The molecular formula is C26H32N2O5. The Morgan fingerprint density at radius 1 is 1.00 bits per heavy atom. The van der Waals surface area contributed by atoms with E-state index in [9.17, 15) is 19.7 Å². The molecule has 176 valence electrons. The number of rotatable bonds is 5. The molecule has 1 aliphatic heterocycles. The van der Waals surface area contributed by atoms with Crippen molar-refractivity contribution in [3.8, 4) is 0 Å². The van der Waals surface area contributed by atoms with Crippen LogP contribution in [0, 0.1) is 20.9 Å². The number of nitrogens with zero attached hydrogens (tertiary/aromatic N) is 2. The lowest BCUT2D eigenvalue weighted by Crippen LogP contribution is -2.45. The van der Waals surface area contributed by atoms with Crippen LogP contribution in [0.2, 0.25) is 0 Å². The molecule has 1 aromatic rings. The molecule has 0 amide bonds. The van der Waals surface area contributed by atoms with Gasteiger partial charge in [0.2, 0.25) is 0 Å². The molecule has 0 radical (unpaired) electrons. The van der Waals surface area contributed by atoms with Crippen LogP contribution in [0.1, 0.15) is 64.9 Å². The molecular weight excluding hydrogens is 420 g/mol. The average molecular weight is 453 g/mol. The van der Waals surface area contributed by atoms with Gasteiger partial charge in [0.05, 0.1) is 11.5 Å². The lowest BCUT2D eigenvalue weighted by Gasteiger charge is -2.49. The number of methoxy groups -OCH3 is 1. The largest absolute Gasteiger partial charge is 0.383 e. The van der Waals surface area contributed by atoms with Crippen LogP contribution in [-0.4, -0.2) is 41.7 Å². The summed E-state index contributed by atoms with van der Waals surface area (Å²) in [5.74, 6) is -0.533. The van der Waals surface area contributed by atoms with Gasteiger partial charge in [0, 0.05) is 67.1 Å². The Morgan fingerprint density at radius 2 is 1.55 bits per heavy atom. The Hall–Kier alpha value is -2.80. The van der Waals surface area contributed by atoms with E-state index >= 15 is 0 Å². The van der Waals surface area contributed by atoms with Gasteiger partial charge in [-0.25, -0.2) is 0 Å². The zero-order valence-corrected chi connectivity index (χ0v) is 20.1. The number of Topliss-reactive ketones (excluding diaryl/α,β-unsaturated/α-hetero) is 2. The fourth-order valence-electron chi connectivity index (χ4n) is 5.65. The van der Waals surface area contributed by atoms with E-state index in [1.165, 1.54) is 12.1 Å². The average Bonchev–Trinajstić information content (AvgIpc) is 2.70. The predicted octanol–water partition coefficient (Wildman–Crippen LogP) is 4.93. The van der Waals surface area contributed by atoms with Gasteiger partial charge in [0.15, 0.2) is 11.6 Å². The Kier molecular flexibility index (Phi) is 5.81. The van der Waals surface area contributed by atoms with Crippen LogP contribution in [0.4, 0.5) is 5.69 Å².